The standard InChI is InChI=1S/C34H32ClFN6O/c1-2-42-32-24(18-29(33(42)43)28-12-9-23(19-30(28)35)27-6-3-14-37-31(27)36)20-38-34(40-32)39-25-10-7-21(8-11-25)22-13-16-41-15-4-5-26(41)17-22/h3,6-12,14,18-20,22,26H,2,4-5,13,15-17H2,1H3,(H,38,39,40). The van der Waals surface area contributed by atoms with Crippen LogP contribution < -0.4 is 10.9 Å². The Balaban J connectivity index is 1.15. The van der Waals surface area contributed by atoms with Gasteiger partial charge in [0.05, 0.1) is 0 Å². The van der Waals surface area contributed by atoms with Crippen LogP contribution in [0.1, 0.15) is 44.1 Å². The highest BCUT2D eigenvalue weighted by Gasteiger charge is 2.32. The van der Waals surface area contributed by atoms with E-state index in [2.05, 4.69) is 44.5 Å². The topological polar surface area (TPSA) is 75.9 Å². The Morgan fingerprint density at radius 1 is 1.00 bits per heavy atom. The predicted molar refractivity (Wildman–Crippen MR) is 169 cm³/mol. The molecule has 2 fully saturated rings. The molecule has 0 saturated carbocycles. The summed E-state index contributed by atoms with van der Waals surface area (Å²) >= 11 is 6.65. The molecule has 7 rings (SSSR count). The Bertz CT molecular complexity index is 1870. The van der Waals surface area contributed by atoms with Gasteiger partial charge in [-0.25, -0.2) is 9.97 Å². The van der Waals surface area contributed by atoms with Gasteiger partial charge < -0.3 is 10.2 Å². The third-order valence-electron chi connectivity index (χ3n) is 8.93. The first-order chi connectivity index (χ1) is 21.0. The van der Waals surface area contributed by atoms with Crippen molar-refractivity contribution in [1.29, 1.82) is 0 Å². The fourth-order valence-corrected chi connectivity index (χ4v) is 6.99. The number of pyridine rings is 2. The lowest BCUT2D eigenvalue weighted by Gasteiger charge is -2.35. The molecule has 2 aliphatic heterocycles. The number of halogens is 2. The molecule has 0 aliphatic carbocycles. The Kier molecular flexibility index (Phi) is 7.41. The van der Waals surface area contributed by atoms with Crippen LogP contribution in [0.3, 0.4) is 0 Å². The Morgan fingerprint density at radius 3 is 2.65 bits per heavy atom. The summed E-state index contributed by atoms with van der Waals surface area (Å²) in [6.07, 6.45) is 8.23. The molecule has 2 unspecified atom stereocenters. The van der Waals surface area contributed by atoms with Crippen LogP contribution in [-0.2, 0) is 6.54 Å². The third kappa shape index (κ3) is 5.30. The minimum Gasteiger partial charge on any atom is -0.324 e. The molecule has 2 saturated heterocycles. The zero-order chi connectivity index (χ0) is 29.5. The largest absolute Gasteiger partial charge is 0.324 e. The molecule has 2 aliphatic rings. The smallest absolute Gasteiger partial charge is 0.260 e. The van der Waals surface area contributed by atoms with Crippen LogP contribution in [0, 0.1) is 5.95 Å². The van der Waals surface area contributed by atoms with Gasteiger partial charge in [-0.1, -0.05) is 35.9 Å². The van der Waals surface area contributed by atoms with Crippen molar-refractivity contribution in [1.82, 2.24) is 24.4 Å². The van der Waals surface area contributed by atoms with Gasteiger partial charge >= 0.3 is 0 Å². The maximum Gasteiger partial charge on any atom is 0.260 e. The summed E-state index contributed by atoms with van der Waals surface area (Å²) in [4.78, 5) is 29.3. The van der Waals surface area contributed by atoms with Gasteiger partial charge in [0.2, 0.25) is 11.9 Å². The number of benzene rings is 2. The van der Waals surface area contributed by atoms with Crippen molar-refractivity contribution < 1.29 is 4.39 Å². The highest BCUT2D eigenvalue weighted by molar-refractivity contribution is 6.33. The van der Waals surface area contributed by atoms with Gasteiger partial charge in [0, 0.05) is 57.8 Å². The van der Waals surface area contributed by atoms with E-state index in [0.717, 1.165) is 11.7 Å². The first kappa shape index (κ1) is 27.7. The van der Waals surface area contributed by atoms with E-state index < -0.39 is 5.95 Å². The van der Waals surface area contributed by atoms with Crippen molar-refractivity contribution >= 4 is 34.3 Å². The lowest BCUT2D eigenvalue weighted by Crippen LogP contribution is -2.37. The summed E-state index contributed by atoms with van der Waals surface area (Å²) in [6, 6.07) is 19.6. The van der Waals surface area contributed by atoms with Crippen LogP contribution in [0.15, 0.2) is 77.9 Å². The molecule has 3 aromatic heterocycles. The lowest BCUT2D eigenvalue weighted by molar-refractivity contribution is 0.181. The zero-order valence-electron chi connectivity index (χ0n) is 23.9. The SMILES string of the molecule is CCn1c(=O)c(-c2ccc(-c3cccnc3F)cc2Cl)cc2cnc(Nc3ccc(C4CCN5CCCC5C4)cc3)nc21. The van der Waals surface area contributed by atoms with Crippen LogP contribution in [0.4, 0.5) is 16.0 Å². The van der Waals surface area contributed by atoms with Crippen LogP contribution in [-0.4, -0.2) is 43.6 Å². The maximum absolute atomic E-state index is 14.2. The van der Waals surface area contributed by atoms with E-state index in [9.17, 15) is 9.18 Å². The van der Waals surface area contributed by atoms with E-state index in [1.54, 1.807) is 47.2 Å². The van der Waals surface area contributed by atoms with Gasteiger partial charge in [0.25, 0.3) is 5.56 Å². The second kappa shape index (κ2) is 11.5. The molecule has 0 radical (unpaired) electrons. The van der Waals surface area contributed by atoms with Gasteiger partial charge in [-0.2, -0.15) is 9.37 Å². The van der Waals surface area contributed by atoms with Crippen LogP contribution in [0.25, 0.3) is 33.3 Å². The number of fused-ring (bicyclic) bond motifs is 2. The number of nitrogens with zero attached hydrogens (tertiary/aromatic N) is 5. The molecule has 5 aromatic rings. The Labute approximate surface area is 254 Å². The zero-order valence-corrected chi connectivity index (χ0v) is 24.7. The molecule has 0 spiro atoms. The van der Waals surface area contributed by atoms with E-state index in [-0.39, 0.29) is 5.56 Å². The first-order valence-corrected chi connectivity index (χ1v) is 15.3. The third-order valence-corrected chi connectivity index (χ3v) is 9.24. The number of piperidine rings is 1. The quantitative estimate of drug-likeness (QED) is 0.206. The normalized spacial score (nSPS) is 18.6. The van der Waals surface area contributed by atoms with Crippen molar-refractivity contribution in [3.8, 4) is 22.3 Å². The minimum absolute atomic E-state index is 0.209. The monoisotopic (exact) mass is 594 g/mol. The average molecular weight is 595 g/mol. The summed E-state index contributed by atoms with van der Waals surface area (Å²) in [5.74, 6) is 0.460. The molecule has 0 amide bonds. The molecule has 5 heterocycles. The van der Waals surface area contributed by atoms with Crippen molar-refractivity contribution in [2.24, 2.45) is 0 Å². The van der Waals surface area contributed by atoms with Gasteiger partial charge in [-0.15, -0.1) is 0 Å². The minimum atomic E-state index is -0.576. The molecule has 43 heavy (non-hydrogen) atoms. The Morgan fingerprint density at radius 2 is 1.86 bits per heavy atom. The number of hydrogen-bond donors (Lipinski definition) is 1. The molecule has 2 aromatic carbocycles. The molecule has 1 N–H and O–H groups in total. The number of aromatic nitrogens is 4. The summed E-state index contributed by atoms with van der Waals surface area (Å²) in [5, 5.41) is 4.37. The van der Waals surface area contributed by atoms with Crippen LogP contribution >= 0.6 is 11.6 Å². The van der Waals surface area contributed by atoms with Crippen LogP contribution in [0.5, 0.6) is 0 Å². The lowest BCUT2D eigenvalue weighted by atomic mass is 9.85. The highest BCUT2D eigenvalue weighted by atomic mass is 35.5. The van der Waals surface area contributed by atoms with Gasteiger partial charge in [0.1, 0.15) is 5.65 Å². The predicted octanol–water partition coefficient (Wildman–Crippen LogP) is 7.42. The van der Waals surface area contributed by atoms with Gasteiger partial charge in [-0.3, -0.25) is 9.36 Å². The van der Waals surface area contributed by atoms with E-state index >= 15 is 0 Å². The molecular formula is C34H32ClFN6O. The van der Waals surface area contributed by atoms with Gasteiger partial charge in [0.15, 0.2) is 0 Å². The number of anilines is 2. The fourth-order valence-electron chi connectivity index (χ4n) is 6.70. The van der Waals surface area contributed by atoms with Gasteiger partial charge in [-0.05, 0) is 99.1 Å². The summed E-state index contributed by atoms with van der Waals surface area (Å²) in [7, 11) is 0. The van der Waals surface area contributed by atoms with Crippen molar-refractivity contribution in [2.75, 3.05) is 18.4 Å². The number of aryl methyl sites for hydroxylation is 1. The average Bonchev–Trinajstić information content (AvgIpc) is 3.50. The van der Waals surface area contributed by atoms with Crippen molar-refractivity contribution in [3.63, 3.8) is 0 Å². The molecule has 7 nitrogen and oxygen atoms in total. The second-order valence-electron chi connectivity index (χ2n) is 11.4. The number of hydrogen-bond acceptors (Lipinski definition) is 6. The molecule has 0 bridgehead atoms. The van der Waals surface area contributed by atoms with E-state index in [1.807, 2.05) is 6.92 Å². The maximum atomic E-state index is 14.2. The molecule has 218 valence electrons. The van der Waals surface area contributed by atoms with E-state index in [4.69, 9.17) is 16.6 Å². The summed E-state index contributed by atoms with van der Waals surface area (Å²) in [5.41, 5.74) is 4.55. The van der Waals surface area contributed by atoms with Crippen molar-refractivity contribution in [3.05, 3.63) is 99.9 Å². The van der Waals surface area contributed by atoms with Crippen LogP contribution in [0.2, 0.25) is 5.02 Å². The number of nitrogens with one attached hydrogen (secondary N) is 1. The van der Waals surface area contributed by atoms with E-state index in [0.29, 0.717) is 56.7 Å². The number of rotatable bonds is 6. The molecule has 9 heteroatoms. The molecular weight excluding hydrogens is 563 g/mol. The second-order valence-corrected chi connectivity index (χ2v) is 11.8. The first-order valence-electron chi connectivity index (χ1n) is 14.9. The summed E-state index contributed by atoms with van der Waals surface area (Å²) < 4.78 is 15.9. The van der Waals surface area contributed by atoms with Crippen molar-refractivity contribution in [2.45, 2.75) is 51.1 Å². The summed E-state index contributed by atoms with van der Waals surface area (Å²) in [6.45, 7) is 4.79. The Hall–Kier alpha value is -4.14. The fraction of sp³-hybridized carbons (Fsp3) is 0.294. The molecule has 2 atom stereocenters. The highest BCUT2D eigenvalue weighted by Crippen LogP contribution is 2.37. The van der Waals surface area contributed by atoms with E-state index in [1.165, 1.54) is 50.5 Å².